The van der Waals surface area contributed by atoms with Gasteiger partial charge in [-0.05, 0) is 50.6 Å². The highest BCUT2D eigenvalue weighted by atomic mass is 32.2. The Morgan fingerprint density at radius 2 is 2.00 bits per heavy atom. The molecule has 3 aromatic rings. The van der Waals surface area contributed by atoms with E-state index in [4.69, 9.17) is 14.5 Å². The van der Waals surface area contributed by atoms with Gasteiger partial charge in [-0.3, -0.25) is 14.6 Å². The largest absolute Gasteiger partial charge is 0.496 e. The molecule has 7 heteroatoms. The van der Waals surface area contributed by atoms with E-state index in [9.17, 15) is 4.79 Å². The summed E-state index contributed by atoms with van der Waals surface area (Å²) in [6.45, 7) is 6.90. The maximum Gasteiger partial charge on any atom is 0.271 e. The summed E-state index contributed by atoms with van der Waals surface area (Å²) < 4.78 is 13.5. The molecule has 1 fully saturated rings. The van der Waals surface area contributed by atoms with E-state index in [0.29, 0.717) is 6.61 Å². The Hall–Kier alpha value is -2.51. The van der Waals surface area contributed by atoms with Crippen LogP contribution < -0.4 is 10.3 Å². The number of nitrogens with one attached hydrogen (secondary N) is 1. The Bertz CT molecular complexity index is 1240. The number of methoxy groups -OCH3 is 1. The van der Waals surface area contributed by atoms with Gasteiger partial charge in [0.1, 0.15) is 5.75 Å². The van der Waals surface area contributed by atoms with Gasteiger partial charge in [0.25, 0.3) is 5.56 Å². The van der Waals surface area contributed by atoms with Gasteiger partial charge in [0.2, 0.25) is 0 Å². The molecular weight excluding hydrogens is 410 g/mol. The van der Waals surface area contributed by atoms with Crippen molar-refractivity contribution in [3.8, 4) is 5.75 Å². The number of nitrogens with zero attached hydrogens (tertiary/aromatic N) is 2. The molecule has 2 atom stereocenters. The van der Waals surface area contributed by atoms with Crippen LogP contribution in [0.4, 0.5) is 5.82 Å². The SMILES string of the molecule is COc1ccc(C2SC(C)=Nc3c2c(=O)[nH]n3C2CCOC(C)(C)C2)c2ccccc12. The first kappa shape index (κ1) is 20.4. The maximum absolute atomic E-state index is 13.2. The molecule has 0 spiro atoms. The molecular formula is C24H27N3O3S. The summed E-state index contributed by atoms with van der Waals surface area (Å²) >= 11 is 1.64. The summed E-state index contributed by atoms with van der Waals surface area (Å²) in [4.78, 5) is 18.0. The van der Waals surface area contributed by atoms with Gasteiger partial charge < -0.3 is 9.47 Å². The molecule has 2 aliphatic rings. The summed E-state index contributed by atoms with van der Waals surface area (Å²) in [7, 11) is 1.69. The van der Waals surface area contributed by atoms with Crippen LogP contribution in [0.2, 0.25) is 0 Å². The zero-order valence-electron chi connectivity index (χ0n) is 18.3. The summed E-state index contributed by atoms with van der Waals surface area (Å²) in [5.41, 5.74) is 1.56. The molecule has 0 bridgehead atoms. The lowest BCUT2D eigenvalue weighted by Gasteiger charge is -2.36. The highest BCUT2D eigenvalue weighted by Crippen LogP contribution is 2.47. The summed E-state index contributed by atoms with van der Waals surface area (Å²) in [6.07, 6.45) is 1.69. The van der Waals surface area contributed by atoms with E-state index >= 15 is 0 Å². The number of fused-ring (bicyclic) bond motifs is 2. The van der Waals surface area contributed by atoms with E-state index in [1.807, 2.05) is 29.8 Å². The molecule has 2 aliphatic heterocycles. The van der Waals surface area contributed by atoms with E-state index < -0.39 is 0 Å². The minimum absolute atomic E-state index is 0.0621. The molecule has 5 rings (SSSR count). The van der Waals surface area contributed by atoms with Crippen molar-refractivity contribution in [1.29, 1.82) is 0 Å². The number of hydrogen-bond acceptors (Lipinski definition) is 5. The number of rotatable bonds is 3. The van der Waals surface area contributed by atoms with Crippen LogP contribution in [0.25, 0.3) is 10.8 Å². The third kappa shape index (κ3) is 3.49. The van der Waals surface area contributed by atoms with Gasteiger partial charge in [-0.2, -0.15) is 0 Å². The molecule has 0 amide bonds. The Balaban J connectivity index is 1.66. The number of aromatic nitrogens is 2. The molecule has 0 aliphatic carbocycles. The van der Waals surface area contributed by atoms with Crippen LogP contribution in [0, 0.1) is 0 Å². The summed E-state index contributed by atoms with van der Waals surface area (Å²) in [6, 6.07) is 12.4. The molecule has 1 aromatic heterocycles. The second-order valence-corrected chi connectivity index (χ2v) is 10.1. The van der Waals surface area contributed by atoms with E-state index in [-0.39, 0.29) is 22.5 Å². The highest BCUT2D eigenvalue weighted by molar-refractivity contribution is 8.14. The molecule has 1 saturated heterocycles. The Morgan fingerprint density at radius 1 is 1.23 bits per heavy atom. The van der Waals surface area contributed by atoms with Crippen molar-refractivity contribution in [3.05, 3.63) is 57.9 Å². The lowest BCUT2D eigenvalue weighted by atomic mass is 9.94. The maximum atomic E-state index is 13.2. The molecule has 31 heavy (non-hydrogen) atoms. The van der Waals surface area contributed by atoms with Crippen molar-refractivity contribution in [2.75, 3.05) is 13.7 Å². The van der Waals surface area contributed by atoms with Gasteiger partial charge in [0.15, 0.2) is 5.82 Å². The smallest absolute Gasteiger partial charge is 0.271 e. The summed E-state index contributed by atoms with van der Waals surface area (Å²) in [5, 5.41) is 6.09. The normalized spacial score (nSPS) is 22.8. The Morgan fingerprint density at radius 3 is 2.74 bits per heavy atom. The van der Waals surface area contributed by atoms with Crippen molar-refractivity contribution in [1.82, 2.24) is 9.78 Å². The van der Waals surface area contributed by atoms with Gasteiger partial charge in [-0.15, -0.1) is 0 Å². The van der Waals surface area contributed by atoms with Crippen LogP contribution in [0.3, 0.4) is 0 Å². The lowest BCUT2D eigenvalue weighted by Crippen LogP contribution is -2.35. The average Bonchev–Trinajstić information content (AvgIpc) is 3.08. The first-order chi connectivity index (χ1) is 14.9. The number of ether oxygens (including phenoxy) is 2. The van der Waals surface area contributed by atoms with Gasteiger partial charge in [0, 0.05) is 12.0 Å². The average molecular weight is 438 g/mol. The van der Waals surface area contributed by atoms with Gasteiger partial charge in [0.05, 0.1) is 34.6 Å². The monoisotopic (exact) mass is 437 g/mol. The predicted molar refractivity (Wildman–Crippen MR) is 126 cm³/mol. The number of aromatic amines is 1. The molecule has 3 heterocycles. The fourth-order valence-corrected chi connectivity index (χ4v) is 5.96. The fourth-order valence-electron chi connectivity index (χ4n) is 4.81. The summed E-state index contributed by atoms with van der Waals surface area (Å²) in [5.74, 6) is 1.59. The van der Waals surface area contributed by atoms with Crippen LogP contribution in [0.15, 0.2) is 46.2 Å². The number of benzene rings is 2. The Kier molecular flexibility index (Phi) is 4.98. The van der Waals surface area contributed by atoms with Gasteiger partial charge in [-0.25, -0.2) is 4.99 Å². The quantitative estimate of drug-likeness (QED) is 0.599. The van der Waals surface area contributed by atoms with Crippen LogP contribution >= 0.6 is 11.8 Å². The fraction of sp³-hybridized carbons (Fsp3) is 0.417. The first-order valence-electron chi connectivity index (χ1n) is 10.6. The number of thioether (sulfide) groups is 1. The van der Waals surface area contributed by atoms with Crippen molar-refractivity contribution in [2.45, 2.75) is 50.5 Å². The zero-order valence-corrected chi connectivity index (χ0v) is 19.1. The minimum Gasteiger partial charge on any atom is -0.496 e. The highest BCUT2D eigenvalue weighted by Gasteiger charge is 2.36. The number of hydrogen-bond donors (Lipinski definition) is 1. The van der Waals surface area contributed by atoms with Crippen LogP contribution in [-0.2, 0) is 4.74 Å². The van der Waals surface area contributed by atoms with Crippen molar-refractivity contribution in [2.24, 2.45) is 4.99 Å². The number of H-pyrrole nitrogens is 1. The van der Waals surface area contributed by atoms with E-state index in [1.165, 1.54) is 0 Å². The minimum atomic E-state index is -0.218. The third-order valence-corrected chi connectivity index (χ3v) is 7.36. The van der Waals surface area contributed by atoms with Crippen molar-refractivity contribution in [3.63, 3.8) is 0 Å². The second-order valence-electron chi connectivity index (χ2n) is 8.83. The van der Waals surface area contributed by atoms with Crippen LogP contribution in [0.1, 0.15) is 56.0 Å². The topological polar surface area (TPSA) is 68.6 Å². The third-order valence-electron chi connectivity index (χ3n) is 6.21. The first-order valence-corrected chi connectivity index (χ1v) is 11.5. The molecule has 0 radical (unpaired) electrons. The van der Waals surface area contributed by atoms with E-state index in [1.54, 1.807) is 18.9 Å². The van der Waals surface area contributed by atoms with E-state index in [2.05, 4.69) is 37.1 Å². The number of aliphatic imine (C=N–C) groups is 1. The van der Waals surface area contributed by atoms with E-state index in [0.717, 1.165) is 51.4 Å². The molecule has 0 saturated carbocycles. The van der Waals surface area contributed by atoms with Gasteiger partial charge >= 0.3 is 0 Å². The van der Waals surface area contributed by atoms with Gasteiger partial charge in [-0.1, -0.05) is 42.1 Å². The predicted octanol–water partition coefficient (Wildman–Crippen LogP) is 5.35. The molecule has 2 unspecified atom stereocenters. The lowest BCUT2D eigenvalue weighted by molar-refractivity contribution is -0.0705. The zero-order chi connectivity index (χ0) is 21.8. The van der Waals surface area contributed by atoms with Crippen LogP contribution in [0.5, 0.6) is 5.75 Å². The molecule has 6 nitrogen and oxygen atoms in total. The molecule has 162 valence electrons. The van der Waals surface area contributed by atoms with Crippen LogP contribution in [-0.4, -0.2) is 34.1 Å². The standard InChI is InChI=1S/C24H27N3O3S/c1-14-25-22-20(23(28)26-27(22)15-11-12-30-24(2,3)13-15)21(31-14)18-9-10-19(29-4)17-8-6-5-7-16(17)18/h5-10,15,21H,11-13H2,1-4H3,(H,26,28). The second kappa shape index (κ2) is 7.57. The molecule has 1 N–H and O–H groups in total. The van der Waals surface area contributed by atoms with Crippen molar-refractivity contribution >= 4 is 33.4 Å². The Labute approximate surface area is 185 Å². The molecule has 2 aromatic carbocycles. The van der Waals surface area contributed by atoms with Crippen molar-refractivity contribution < 1.29 is 9.47 Å².